The van der Waals surface area contributed by atoms with Gasteiger partial charge in [-0.2, -0.15) is 0 Å². The van der Waals surface area contributed by atoms with Crippen LogP contribution in [-0.4, -0.2) is 11.0 Å². The lowest BCUT2D eigenvalue weighted by Gasteiger charge is -2.31. The van der Waals surface area contributed by atoms with Gasteiger partial charge >= 0.3 is 0 Å². The average molecular weight is 384 g/mol. The summed E-state index contributed by atoms with van der Waals surface area (Å²) in [5, 5.41) is 6.84. The summed E-state index contributed by atoms with van der Waals surface area (Å²) in [6.45, 7) is 9.30. The van der Waals surface area contributed by atoms with E-state index in [0.717, 1.165) is 5.75 Å². The Morgan fingerprint density at radius 2 is 1.39 bits per heavy atom. The molecule has 5 rings (SSSR count). The van der Waals surface area contributed by atoms with Gasteiger partial charge in [-0.1, -0.05) is 81.4 Å². The Morgan fingerprint density at radius 3 is 2.00 bits per heavy atom. The number of rotatable bonds is 1. The predicted molar refractivity (Wildman–Crippen MR) is 123 cm³/mol. The largest absolute Gasteiger partial charge is 0.485 e. The minimum absolute atomic E-state index is 0.191. The molecular formula is C26H25OP. The zero-order valence-corrected chi connectivity index (χ0v) is 17.8. The van der Waals surface area contributed by atoms with Gasteiger partial charge in [-0.15, -0.1) is 0 Å². The molecule has 4 aromatic carbocycles. The Bertz CT molecular complexity index is 1150. The average Bonchev–Trinajstić information content (AvgIpc) is 3.02. The van der Waals surface area contributed by atoms with Gasteiger partial charge in [0.15, 0.2) is 0 Å². The van der Waals surface area contributed by atoms with Gasteiger partial charge in [0.25, 0.3) is 0 Å². The third-order valence-corrected chi connectivity index (χ3v) is 8.89. The molecule has 0 saturated heterocycles. The van der Waals surface area contributed by atoms with Crippen LogP contribution < -0.4 is 10.0 Å². The molecule has 4 aromatic rings. The number of ether oxygens (including phenoxy) is 1. The molecule has 140 valence electrons. The van der Waals surface area contributed by atoms with E-state index >= 15 is 0 Å². The van der Waals surface area contributed by atoms with E-state index in [-0.39, 0.29) is 11.0 Å². The second-order valence-electron chi connectivity index (χ2n) is 8.60. The minimum atomic E-state index is -0.441. The lowest BCUT2D eigenvalue weighted by Crippen LogP contribution is -2.22. The molecule has 2 heteroatoms. The summed E-state index contributed by atoms with van der Waals surface area (Å²) in [6.07, 6.45) is 0. The van der Waals surface area contributed by atoms with Gasteiger partial charge in [-0.25, -0.2) is 0 Å². The topological polar surface area (TPSA) is 9.23 Å². The second kappa shape index (κ2) is 6.33. The van der Waals surface area contributed by atoms with Gasteiger partial charge in [0.2, 0.25) is 0 Å². The van der Waals surface area contributed by atoms with E-state index in [9.17, 15) is 0 Å². The van der Waals surface area contributed by atoms with Crippen LogP contribution in [0.5, 0.6) is 5.75 Å². The normalized spacial score (nSPS) is 19.0. The zero-order valence-electron chi connectivity index (χ0n) is 16.9. The predicted octanol–water partition coefficient (Wildman–Crippen LogP) is 7.30. The Balaban J connectivity index is 1.92. The summed E-state index contributed by atoms with van der Waals surface area (Å²) in [6, 6.07) is 26.4. The molecule has 0 bridgehead atoms. The molecule has 1 aliphatic rings. The second-order valence-corrected chi connectivity index (χ2v) is 11.9. The van der Waals surface area contributed by atoms with Gasteiger partial charge in [-0.05, 0) is 64.8 Å². The van der Waals surface area contributed by atoms with Gasteiger partial charge in [0.1, 0.15) is 11.6 Å². The summed E-state index contributed by atoms with van der Waals surface area (Å²) < 4.78 is 6.36. The van der Waals surface area contributed by atoms with Crippen LogP contribution >= 0.6 is 7.92 Å². The molecule has 0 aromatic heterocycles. The molecule has 0 aliphatic carbocycles. The highest BCUT2D eigenvalue weighted by molar-refractivity contribution is 7.68. The van der Waals surface area contributed by atoms with Gasteiger partial charge in [-0.3, -0.25) is 0 Å². The SMILES string of the molecule is C[C@H]1Oc2cccc(-c3c4ccccc4cc4ccccc34)c2P1C(C)(C)C. The highest BCUT2D eigenvalue weighted by Gasteiger charge is 2.41. The maximum Gasteiger partial charge on any atom is 0.128 e. The van der Waals surface area contributed by atoms with Crippen LogP contribution in [0, 0.1) is 0 Å². The van der Waals surface area contributed by atoms with E-state index in [0.29, 0.717) is 0 Å². The third-order valence-electron chi connectivity index (χ3n) is 5.66. The Hall–Kier alpha value is -2.37. The lowest BCUT2D eigenvalue weighted by atomic mass is 9.92. The van der Waals surface area contributed by atoms with Crippen molar-refractivity contribution in [2.24, 2.45) is 0 Å². The van der Waals surface area contributed by atoms with Crippen LogP contribution in [0.3, 0.4) is 0 Å². The van der Waals surface area contributed by atoms with E-state index in [2.05, 4.69) is 100 Å². The smallest absolute Gasteiger partial charge is 0.128 e. The first-order valence-corrected chi connectivity index (χ1v) is 11.4. The monoisotopic (exact) mass is 384 g/mol. The van der Waals surface area contributed by atoms with E-state index in [1.807, 2.05) is 0 Å². The van der Waals surface area contributed by atoms with Crippen molar-refractivity contribution in [2.45, 2.75) is 38.7 Å². The van der Waals surface area contributed by atoms with Crippen molar-refractivity contribution in [3.8, 4) is 16.9 Å². The number of fused-ring (bicyclic) bond motifs is 3. The fourth-order valence-corrected chi connectivity index (χ4v) is 7.83. The molecule has 0 radical (unpaired) electrons. The van der Waals surface area contributed by atoms with Crippen LogP contribution in [0.4, 0.5) is 0 Å². The van der Waals surface area contributed by atoms with Crippen LogP contribution in [0.25, 0.3) is 32.7 Å². The Kier molecular flexibility index (Phi) is 4.00. The maximum atomic E-state index is 6.36. The molecule has 1 nitrogen and oxygen atoms in total. The van der Waals surface area contributed by atoms with Crippen LogP contribution in [0.15, 0.2) is 72.8 Å². The quantitative estimate of drug-likeness (QED) is 0.247. The standard InChI is InChI=1S/C26H25OP/c1-17-27-23-15-9-14-22(25(23)28(17)26(2,3)4)24-20-12-7-5-10-18(20)16-19-11-6-8-13-21(19)24/h5-17H,1-4H3/t17-,28?/m0/s1. The van der Waals surface area contributed by atoms with Crippen LogP contribution in [-0.2, 0) is 0 Å². The fourth-order valence-electron chi connectivity index (χ4n) is 4.67. The molecule has 1 heterocycles. The highest BCUT2D eigenvalue weighted by Crippen LogP contribution is 2.60. The van der Waals surface area contributed by atoms with Gasteiger partial charge in [0.05, 0.1) is 0 Å². The third kappa shape index (κ3) is 2.65. The molecule has 28 heavy (non-hydrogen) atoms. The number of benzene rings is 4. The van der Waals surface area contributed by atoms with Crippen molar-refractivity contribution in [1.82, 2.24) is 0 Å². The van der Waals surface area contributed by atoms with Crippen LogP contribution in [0.2, 0.25) is 0 Å². The first-order chi connectivity index (χ1) is 13.4. The molecule has 1 unspecified atom stereocenters. The van der Waals surface area contributed by atoms with Gasteiger partial charge < -0.3 is 4.74 Å². The Labute approximate surface area is 168 Å². The summed E-state index contributed by atoms with van der Waals surface area (Å²) in [7, 11) is -0.441. The first-order valence-electron chi connectivity index (χ1n) is 9.95. The Morgan fingerprint density at radius 1 is 0.786 bits per heavy atom. The van der Waals surface area contributed by atoms with Crippen molar-refractivity contribution in [3.63, 3.8) is 0 Å². The summed E-state index contributed by atoms with van der Waals surface area (Å²) in [5.74, 6) is 1.32. The molecule has 0 spiro atoms. The van der Waals surface area contributed by atoms with Crippen molar-refractivity contribution in [2.75, 3.05) is 0 Å². The number of hydrogen-bond donors (Lipinski definition) is 0. The van der Waals surface area contributed by atoms with E-state index < -0.39 is 7.92 Å². The number of hydrogen-bond acceptors (Lipinski definition) is 1. The van der Waals surface area contributed by atoms with Crippen molar-refractivity contribution in [1.29, 1.82) is 0 Å². The van der Waals surface area contributed by atoms with Crippen molar-refractivity contribution >= 4 is 34.8 Å². The van der Waals surface area contributed by atoms with E-state index in [1.165, 1.54) is 38.0 Å². The summed E-state index contributed by atoms with van der Waals surface area (Å²) in [5.41, 5.74) is 2.69. The maximum absolute atomic E-state index is 6.36. The highest BCUT2D eigenvalue weighted by atomic mass is 31.1. The van der Waals surface area contributed by atoms with Gasteiger partial charge in [0, 0.05) is 5.30 Å². The van der Waals surface area contributed by atoms with Crippen LogP contribution in [0.1, 0.15) is 27.7 Å². The van der Waals surface area contributed by atoms with Crippen molar-refractivity contribution < 1.29 is 4.74 Å². The molecule has 0 N–H and O–H groups in total. The minimum Gasteiger partial charge on any atom is -0.485 e. The molecule has 2 atom stereocenters. The molecule has 0 fully saturated rings. The molecular weight excluding hydrogens is 359 g/mol. The van der Waals surface area contributed by atoms with E-state index in [4.69, 9.17) is 4.74 Å². The summed E-state index contributed by atoms with van der Waals surface area (Å²) >= 11 is 0. The van der Waals surface area contributed by atoms with Crippen molar-refractivity contribution in [3.05, 3.63) is 72.8 Å². The molecule has 0 saturated carbocycles. The fraction of sp³-hybridized carbons (Fsp3) is 0.231. The molecule has 0 amide bonds. The molecule has 1 aliphatic heterocycles. The zero-order chi connectivity index (χ0) is 19.5. The van der Waals surface area contributed by atoms with E-state index in [1.54, 1.807) is 0 Å². The lowest BCUT2D eigenvalue weighted by molar-refractivity contribution is 0.313. The summed E-state index contributed by atoms with van der Waals surface area (Å²) in [4.78, 5) is 0. The first kappa shape index (κ1) is 17.7.